The van der Waals surface area contributed by atoms with Gasteiger partial charge in [0.25, 0.3) is 0 Å². The predicted octanol–water partition coefficient (Wildman–Crippen LogP) is 3.87. The molecule has 0 saturated heterocycles. The highest BCUT2D eigenvalue weighted by Gasteiger charge is 2.15. The van der Waals surface area contributed by atoms with Crippen molar-refractivity contribution in [2.24, 2.45) is 17.3 Å². The average molecular weight is 244 g/mol. The van der Waals surface area contributed by atoms with Crippen LogP contribution in [-0.4, -0.2) is 24.9 Å². The minimum Gasteiger partial charge on any atom is -0.396 e. The molecule has 0 aromatic carbocycles. The Hall–Kier alpha value is -0.0800. The summed E-state index contributed by atoms with van der Waals surface area (Å²) in [5.74, 6) is 1.46. The van der Waals surface area contributed by atoms with E-state index in [4.69, 9.17) is 9.84 Å². The van der Waals surface area contributed by atoms with Gasteiger partial charge in [-0.15, -0.1) is 0 Å². The van der Waals surface area contributed by atoms with Gasteiger partial charge in [-0.2, -0.15) is 0 Å². The minimum atomic E-state index is 0.0482. The Bertz CT molecular complexity index is 176. The number of aliphatic hydroxyl groups is 1. The van der Waals surface area contributed by atoms with Crippen molar-refractivity contribution in [1.82, 2.24) is 0 Å². The molecule has 0 aliphatic carbocycles. The van der Waals surface area contributed by atoms with Crippen LogP contribution in [0.4, 0.5) is 0 Å². The van der Waals surface area contributed by atoms with Crippen molar-refractivity contribution in [2.75, 3.05) is 19.8 Å². The molecule has 0 fully saturated rings. The molecule has 0 rings (SSSR count). The zero-order chi connectivity index (χ0) is 13.3. The van der Waals surface area contributed by atoms with Crippen molar-refractivity contribution in [2.45, 2.75) is 60.3 Å². The molecule has 0 spiro atoms. The third-order valence-electron chi connectivity index (χ3n) is 3.21. The van der Waals surface area contributed by atoms with Crippen molar-refractivity contribution in [3.63, 3.8) is 0 Å². The Balaban J connectivity index is 3.39. The molecule has 1 atom stereocenters. The van der Waals surface area contributed by atoms with Crippen LogP contribution in [0.25, 0.3) is 0 Å². The Labute approximate surface area is 108 Å². The zero-order valence-electron chi connectivity index (χ0n) is 12.5. The van der Waals surface area contributed by atoms with Gasteiger partial charge >= 0.3 is 0 Å². The van der Waals surface area contributed by atoms with E-state index in [9.17, 15) is 0 Å². The van der Waals surface area contributed by atoms with Gasteiger partial charge in [0, 0.05) is 19.8 Å². The first kappa shape index (κ1) is 16.9. The molecular weight excluding hydrogens is 212 g/mol. The lowest BCUT2D eigenvalue weighted by Gasteiger charge is -2.21. The molecule has 0 aliphatic heterocycles. The van der Waals surface area contributed by atoms with E-state index in [2.05, 4.69) is 34.6 Å². The summed E-state index contributed by atoms with van der Waals surface area (Å²) in [6, 6.07) is 0. The van der Waals surface area contributed by atoms with Crippen LogP contribution in [0.15, 0.2) is 0 Å². The fourth-order valence-corrected chi connectivity index (χ4v) is 1.72. The van der Waals surface area contributed by atoms with Gasteiger partial charge in [-0.1, -0.05) is 41.0 Å². The van der Waals surface area contributed by atoms with Crippen molar-refractivity contribution in [3.05, 3.63) is 0 Å². The molecule has 0 heterocycles. The molecule has 1 N–H and O–H groups in total. The molecule has 0 amide bonds. The van der Waals surface area contributed by atoms with Crippen LogP contribution in [0.5, 0.6) is 0 Å². The highest BCUT2D eigenvalue weighted by molar-refractivity contribution is 4.66. The first-order valence-corrected chi connectivity index (χ1v) is 7.06. The van der Waals surface area contributed by atoms with Crippen LogP contribution in [-0.2, 0) is 4.74 Å². The normalized spacial score (nSPS) is 14.3. The smallest absolute Gasteiger partial charge is 0.0491 e. The Morgan fingerprint density at radius 1 is 1.12 bits per heavy atom. The fraction of sp³-hybridized carbons (Fsp3) is 1.00. The van der Waals surface area contributed by atoms with Crippen LogP contribution in [0.2, 0.25) is 0 Å². The molecule has 0 aromatic rings. The second-order valence-corrected chi connectivity index (χ2v) is 6.58. The van der Waals surface area contributed by atoms with E-state index in [0.29, 0.717) is 5.92 Å². The van der Waals surface area contributed by atoms with E-state index in [1.165, 1.54) is 12.8 Å². The molecule has 2 nitrogen and oxygen atoms in total. The molecule has 0 saturated carbocycles. The van der Waals surface area contributed by atoms with Crippen molar-refractivity contribution in [3.8, 4) is 0 Å². The highest BCUT2D eigenvalue weighted by Crippen LogP contribution is 2.21. The summed E-state index contributed by atoms with van der Waals surface area (Å²) in [5.41, 5.74) is 0.0482. The van der Waals surface area contributed by atoms with E-state index >= 15 is 0 Å². The highest BCUT2D eigenvalue weighted by atomic mass is 16.5. The van der Waals surface area contributed by atoms with Gasteiger partial charge in [0.15, 0.2) is 0 Å². The number of hydrogen-bond donors (Lipinski definition) is 1. The summed E-state index contributed by atoms with van der Waals surface area (Å²) in [5, 5.41) is 9.12. The number of ether oxygens (including phenoxy) is 1. The Morgan fingerprint density at radius 2 is 1.76 bits per heavy atom. The van der Waals surface area contributed by atoms with E-state index in [1.54, 1.807) is 0 Å². The molecule has 17 heavy (non-hydrogen) atoms. The Kier molecular flexibility index (Phi) is 8.89. The van der Waals surface area contributed by atoms with Crippen LogP contribution in [0, 0.1) is 17.3 Å². The summed E-state index contributed by atoms with van der Waals surface area (Å²) in [6.07, 6.45) is 4.64. The van der Waals surface area contributed by atoms with Gasteiger partial charge in [0.2, 0.25) is 0 Å². The molecule has 104 valence electrons. The van der Waals surface area contributed by atoms with Crippen LogP contribution in [0.1, 0.15) is 60.3 Å². The van der Waals surface area contributed by atoms with Gasteiger partial charge in [-0.25, -0.2) is 0 Å². The summed E-state index contributed by atoms with van der Waals surface area (Å²) in [4.78, 5) is 0. The van der Waals surface area contributed by atoms with E-state index in [1.807, 2.05) is 0 Å². The zero-order valence-corrected chi connectivity index (χ0v) is 12.5. The first-order chi connectivity index (χ1) is 7.87. The monoisotopic (exact) mass is 244 g/mol. The largest absolute Gasteiger partial charge is 0.396 e. The van der Waals surface area contributed by atoms with E-state index in [-0.39, 0.29) is 12.0 Å². The molecule has 2 heteroatoms. The summed E-state index contributed by atoms with van der Waals surface area (Å²) < 4.78 is 5.69. The van der Waals surface area contributed by atoms with Crippen LogP contribution in [0.3, 0.4) is 0 Å². The standard InChI is InChI=1S/C15H32O2/c1-13(2)7-8-14(3)11-17-10-6-9-15(4,5)12-16/h13-14,16H,6-12H2,1-5H3. The quantitative estimate of drug-likeness (QED) is 0.591. The topological polar surface area (TPSA) is 29.5 Å². The van der Waals surface area contributed by atoms with Gasteiger partial charge in [-0.05, 0) is 36.5 Å². The number of hydrogen-bond acceptors (Lipinski definition) is 2. The van der Waals surface area contributed by atoms with Crippen LogP contribution >= 0.6 is 0 Å². The number of aliphatic hydroxyl groups excluding tert-OH is 1. The predicted molar refractivity (Wildman–Crippen MR) is 74.2 cm³/mol. The van der Waals surface area contributed by atoms with Gasteiger partial charge in [0.05, 0.1) is 0 Å². The maximum atomic E-state index is 9.12. The lowest BCUT2D eigenvalue weighted by molar-refractivity contribution is 0.0810. The second-order valence-electron chi connectivity index (χ2n) is 6.58. The average Bonchev–Trinajstić information content (AvgIpc) is 2.25. The summed E-state index contributed by atoms with van der Waals surface area (Å²) >= 11 is 0. The summed E-state index contributed by atoms with van der Waals surface area (Å²) in [7, 11) is 0. The molecule has 0 bridgehead atoms. The lowest BCUT2D eigenvalue weighted by Crippen LogP contribution is -2.17. The molecular formula is C15H32O2. The van der Waals surface area contributed by atoms with Gasteiger partial charge < -0.3 is 9.84 Å². The maximum Gasteiger partial charge on any atom is 0.0491 e. The maximum absolute atomic E-state index is 9.12. The van der Waals surface area contributed by atoms with Gasteiger partial charge in [0.1, 0.15) is 0 Å². The lowest BCUT2D eigenvalue weighted by atomic mass is 9.89. The SMILES string of the molecule is CC(C)CCC(C)COCCCC(C)(C)CO. The molecule has 0 radical (unpaired) electrons. The number of rotatable bonds is 10. The van der Waals surface area contributed by atoms with Crippen molar-refractivity contribution in [1.29, 1.82) is 0 Å². The molecule has 1 unspecified atom stereocenters. The second kappa shape index (κ2) is 8.93. The molecule has 0 aromatic heterocycles. The third-order valence-corrected chi connectivity index (χ3v) is 3.21. The Morgan fingerprint density at radius 3 is 2.29 bits per heavy atom. The van der Waals surface area contributed by atoms with Gasteiger partial charge in [-0.3, -0.25) is 0 Å². The summed E-state index contributed by atoms with van der Waals surface area (Å²) in [6.45, 7) is 13.0. The van der Waals surface area contributed by atoms with E-state index in [0.717, 1.165) is 32.0 Å². The minimum absolute atomic E-state index is 0.0482. The van der Waals surface area contributed by atoms with Crippen molar-refractivity contribution < 1.29 is 9.84 Å². The van der Waals surface area contributed by atoms with Crippen molar-refractivity contribution >= 4 is 0 Å². The van der Waals surface area contributed by atoms with Crippen LogP contribution < -0.4 is 0 Å². The first-order valence-electron chi connectivity index (χ1n) is 7.06. The molecule has 0 aliphatic rings. The fourth-order valence-electron chi connectivity index (χ4n) is 1.72. The van der Waals surface area contributed by atoms with E-state index < -0.39 is 0 Å². The third kappa shape index (κ3) is 10.8.